The summed E-state index contributed by atoms with van der Waals surface area (Å²) in [6.07, 6.45) is 5.07. The fourth-order valence-corrected chi connectivity index (χ4v) is 2.92. The molecule has 2 N–H and O–H groups in total. The van der Waals surface area contributed by atoms with E-state index in [-0.39, 0.29) is 0 Å². The van der Waals surface area contributed by atoms with E-state index in [1.54, 1.807) is 0 Å². The Morgan fingerprint density at radius 1 is 0.789 bits per heavy atom. The van der Waals surface area contributed by atoms with Crippen LogP contribution < -0.4 is 5.73 Å². The quantitative estimate of drug-likeness (QED) is 0.446. The van der Waals surface area contributed by atoms with E-state index in [9.17, 15) is 0 Å². The van der Waals surface area contributed by atoms with Gasteiger partial charge in [-0.2, -0.15) is 0 Å². The number of benzene rings is 2. The predicted molar refractivity (Wildman–Crippen MR) is 85.6 cm³/mol. The fraction of sp³-hybridized carbons (Fsp3) is 0.294. The van der Waals surface area contributed by atoms with Crippen molar-refractivity contribution >= 4 is 17.4 Å². The number of hydrogen-bond donors (Lipinski definition) is 1. The second-order valence-electron chi connectivity index (χ2n) is 4.71. The molecule has 0 unspecified atom stereocenters. The Bertz CT molecular complexity index is 464. The van der Waals surface area contributed by atoms with E-state index in [4.69, 9.17) is 5.73 Å². The SMILES string of the molecule is Nc1ccc(SCCCCCc2ccccc2)cc1. The first-order valence-corrected chi connectivity index (χ1v) is 7.85. The number of aryl methyl sites for hydroxylation is 1. The van der Waals surface area contributed by atoms with Crippen molar-refractivity contribution in [3.8, 4) is 0 Å². The number of anilines is 1. The Morgan fingerprint density at radius 2 is 1.53 bits per heavy atom. The Kier molecular flexibility index (Phi) is 5.83. The minimum Gasteiger partial charge on any atom is -0.399 e. The average Bonchev–Trinajstić information content (AvgIpc) is 2.46. The molecular weight excluding hydrogens is 250 g/mol. The number of thioether (sulfide) groups is 1. The molecule has 0 bridgehead atoms. The summed E-state index contributed by atoms with van der Waals surface area (Å²) < 4.78 is 0. The number of unbranched alkanes of at least 4 members (excludes halogenated alkanes) is 2. The summed E-state index contributed by atoms with van der Waals surface area (Å²) in [4.78, 5) is 1.32. The van der Waals surface area contributed by atoms with E-state index in [1.807, 2.05) is 23.9 Å². The zero-order chi connectivity index (χ0) is 13.3. The molecule has 0 aromatic heterocycles. The van der Waals surface area contributed by atoms with Gasteiger partial charge in [0.25, 0.3) is 0 Å². The largest absolute Gasteiger partial charge is 0.399 e. The van der Waals surface area contributed by atoms with Crippen LogP contribution in [0.5, 0.6) is 0 Å². The number of nitrogens with two attached hydrogens (primary N) is 1. The maximum atomic E-state index is 5.67. The first kappa shape index (κ1) is 14.0. The van der Waals surface area contributed by atoms with Gasteiger partial charge in [-0.05, 0) is 54.8 Å². The molecule has 0 radical (unpaired) electrons. The van der Waals surface area contributed by atoms with Gasteiger partial charge in [0.15, 0.2) is 0 Å². The third-order valence-corrected chi connectivity index (χ3v) is 4.20. The zero-order valence-electron chi connectivity index (χ0n) is 11.2. The minimum absolute atomic E-state index is 0.840. The average molecular weight is 271 g/mol. The van der Waals surface area contributed by atoms with Crippen molar-refractivity contribution in [1.29, 1.82) is 0 Å². The molecule has 0 spiro atoms. The maximum Gasteiger partial charge on any atom is 0.0314 e. The van der Waals surface area contributed by atoms with Gasteiger partial charge in [0.1, 0.15) is 0 Å². The number of hydrogen-bond acceptors (Lipinski definition) is 2. The van der Waals surface area contributed by atoms with E-state index in [0.29, 0.717) is 0 Å². The molecule has 2 heteroatoms. The minimum atomic E-state index is 0.840. The lowest BCUT2D eigenvalue weighted by molar-refractivity contribution is 0.722. The molecule has 0 heterocycles. The van der Waals surface area contributed by atoms with E-state index >= 15 is 0 Å². The van der Waals surface area contributed by atoms with Crippen LogP contribution in [0.15, 0.2) is 59.5 Å². The second kappa shape index (κ2) is 7.90. The molecule has 0 saturated heterocycles. The maximum absolute atomic E-state index is 5.67. The van der Waals surface area contributed by atoms with Crippen molar-refractivity contribution in [3.63, 3.8) is 0 Å². The standard InChI is InChI=1S/C17H21NS/c18-16-10-12-17(13-11-16)19-14-6-2-5-9-15-7-3-1-4-8-15/h1,3-4,7-8,10-13H,2,5-6,9,14,18H2. The molecule has 1 nitrogen and oxygen atoms in total. The Hall–Kier alpha value is -1.41. The molecular formula is C17H21NS. The lowest BCUT2D eigenvalue weighted by atomic mass is 10.1. The molecule has 0 aliphatic rings. The van der Waals surface area contributed by atoms with Crippen LogP contribution in [-0.2, 0) is 6.42 Å². The summed E-state index contributed by atoms with van der Waals surface area (Å²) >= 11 is 1.92. The summed E-state index contributed by atoms with van der Waals surface area (Å²) in [6.45, 7) is 0. The summed E-state index contributed by atoms with van der Waals surface area (Å²) in [5.74, 6) is 1.19. The molecule has 0 saturated carbocycles. The molecule has 2 aromatic rings. The highest BCUT2D eigenvalue weighted by Gasteiger charge is 1.95. The van der Waals surface area contributed by atoms with Crippen LogP contribution in [0.4, 0.5) is 5.69 Å². The molecule has 19 heavy (non-hydrogen) atoms. The van der Waals surface area contributed by atoms with E-state index < -0.39 is 0 Å². The fourth-order valence-electron chi connectivity index (χ4n) is 2.01. The van der Waals surface area contributed by atoms with Gasteiger partial charge < -0.3 is 5.73 Å². The Labute approximate surface area is 120 Å². The molecule has 0 atom stereocenters. The van der Waals surface area contributed by atoms with Gasteiger partial charge in [-0.1, -0.05) is 36.8 Å². The van der Waals surface area contributed by atoms with Gasteiger partial charge in [-0.15, -0.1) is 11.8 Å². The molecule has 2 rings (SSSR count). The summed E-state index contributed by atoms with van der Waals surface area (Å²) in [6, 6.07) is 18.9. The summed E-state index contributed by atoms with van der Waals surface area (Å²) in [5.41, 5.74) is 7.96. The second-order valence-corrected chi connectivity index (χ2v) is 5.88. The van der Waals surface area contributed by atoms with Gasteiger partial charge in [-0.3, -0.25) is 0 Å². The van der Waals surface area contributed by atoms with Crippen molar-refractivity contribution in [2.24, 2.45) is 0 Å². The van der Waals surface area contributed by atoms with Crippen LogP contribution in [-0.4, -0.2) is 5.75 Å². The van der Waals surface area contributed by atoms with Gasteiger partial charge >= 0.3 is 0 Å². The monoisotopic (exact) mass is 271 g/mol. The molecule has 0 amide bonds. The van der Waals surface area contributed by atoms with Crippen LogP contribution in [0.25, 0.3) is 0 Å². The van der Waals surface area contributed by atoms with Crippen LogP contribution in [0.3, 0.4) is 0 Å². The highest BCUT2D eigenvalue weighted by Crippen LogP contribution is 2.20. The van der Waals surface area contributed by atoms with E-state index in [1.165, 1.54) is 41.9 Å². The van der Waals surface area contributed by atoms with Gasteiger partial charge in [0.2, 0.25) is 0 Å². The number of nitrogen functional groups attached to an aromatic ring is 1. The van der Waals surface area contributed by atoms with Crippen LogP contribution in [0, 0.1) is 0 Å². The lowest BCUT2D eigenvalue weighted by Gasteiger charge is -2.03. The molecule has 0 aliphatic heterocycles. The smallest absolute Gasteiger partial charge is 0.0314 e. The topological polar surface area (TPSA) is 26.0 Å². The first-order valence-electron chi connectivity index (χ1n) is 6.87. The predicted octanol–water partition coefficient (Wildman–Crippen LogP) is 4.77. The third kappa shape index (κ3) is 5.39. The molecule has 100 valence electrons. The normalized spacial score (nSPS) is 10.5. The zero-order valence-corrected chi connectivity index (χ0v) is 12.0. The van der Waals surface area contributed by atoms with Crippen molar-refractivity contribution < 1.29 is 0 Å². The highest BCUT2D eigenvalue weighted by atomic mass is 32.2. The molecule has 2 aromatic carbocycles. The van der Waals surface area contributed by atoms with Crippen molar-refractivity contribution in [1.82, 2.24) is 0 Å². The lowest BCUT2D eigenvalue weighted by Crippen LogP contribution is -1.87. The highest BCUT2D eigenvalue weighted by molar-refractivity contribution is 7.99. The van der Waals surface area contributed by atoms with Crippen LogP contribution >= 0.6 is 11.8 Å². The van der Waals surface area contributed by atoms with E-state index in [2.05, 4.69) is 42.5 Å². The van der Waals surface area contributed by atoms with Crippen LogP contribution in [0.1, 0.15) is 24.8 Å². The first-order chi connectivity index (χ1) is 9.34. The van der Waals surface area contributed by atoms with E-state index in [0.717, 1.165) is 5.69 Å². The Morgan fingerprint density at radius 3 is 2.26 bits per heavy atom. The van der Waals surface area contributed by atoms with Crippen molar-refractivity contribution in [2.45, 2.75) is 30.6 Å². The Balaban J connectivity index is 1.56. The van der Waals surface area contributed by atoms with Crippen molar-refractivity contribution in [3.05, 3.63) is 60.2 Å². The third-order valence-electron chi connectivity index (χ3n) is 3.10. The summed E-state index contributed by atoms with van der Waals surface area (Å²) in [5, 5.41) is 0. The van der Waals surface area contributed by atoms with Gasteiger partial charge in [0, 0.05) is 10.6 Å². The summed E-state index contributed by atoms with van der Waals surface area (Å²) in [7, 11) is 0. The number of rotatable bonds is 7. The van der Waals surface area contributed by atoms with Crippen LogP contribution in [0.2, 0.25) is 0 Å². The molecule has 0 aliphatic carbocycles. The van der Waals surface area contributed by atoms with Crippen molar-refractivity contribution in [2.75, 3.05) is 11.5 Å². The van der Waals surface area contributed by atoms with Gasteiger partial charge in [0.05, 0.1) is 0 Å². The van der Waals surface area contributed by atoms with Gasteiger partial charge in [-0.25, -0.2) is 0 Å². The molecule has 0 fully saturated rings.